The van der Waals surface area contributed by atoms with Gasteiger partial charge in [0.2, 0.25) is 5.82 Å². The number of halogens is 1. The Labute approximate surface area is 200 Å². The number of aromatic nitrogens is 2. The standard InChI is InChI=1S/C26H21FN4O2S/c1-16-22(25-29-24(30-33-25)18-10-6-11-19(27)14-18)23(17-8-4-3-5-9-17)28-26(32)31(16)20-12-7-13-21(15-20)34-2/h3-15,23H,1-2H3,(H,28,32). The summed E-state index contributed by atoms with van der Waals surface area (Å²) in [6.07, 6.45) is 1.99. The molecule has 0 saturated heterocycles. The molecule has 2 amide bonds. The number of thioether (sulfide) groups is 1. The van der Waals surface area contributed by atoms with Crippen LogP contribution < -0.4 is 10.2 Å². The predicted molar refractivity (Wildman–Crippen MR) is 131 cm³/mol. The van der Waals surface area contributed by atoms with Gasteiger partial charge in [-0.1, -0.05) is 53.7 Å². The number of hydrogen-bond donors (Lipinski definition) is 1. The molecule has 1 aromatic heterocycles. The molecule has 8 heteroatoms. The van der Waals surface area contributed by atoms with Crippen LogP contribution in [0.15, 0.2) is 94.0 Å². The van der Waals surface area contributed by atoms with E-state index in [2.05, 4.69) is 15.5 Å². The molecule has 0 bridgehead atoms. The summed E-state index contributed by atoms with van der Waals surface area (Å²) in [6.45, 7) is 1.86. The highest BCUT2D eigenvalue weighted by molar-refractivity contribution is 7.98. The summed E-state index contributed by atoms with van der Waals surface area (Å²) in [5, 5.41) is 7.18. The lowest BCUT2D eigenvalue weighted by Gasteiger charge is -2.35. The zero-order valence-electron chi connectivity index (χ0n) is 18.5. The van der Waals surface area contributed by atoms with Crippen LogP contribution in [0.25, 0.3) is 17.0 Å². The van der Waals surface area contributed by atoms with E-state index in [0.29, 0.717) is 16.8 Å². The zero-order chi connectivity index (χ0) is 23.7. The van der Waals surface area contributed by atoms with Gasteiger partial charge in [0.15, 0.2) is 0 Å². The average molecular weight is 473 g/mol. The molecule has 1 unspecified atom stereocenters. The van der Waals surface area contributed by atoms with Crippen LogP contribution >= 0.6 is 11.8 Å². The van der Waals surface area contributed by atoms with Gasteiger partial charge in [-0.25, -0.2) is 9.18 Å². The molecule has 0 radical (unpaired) electrons. The van der Waals surface area contributed by atoms with Crippen molar-refractivity contribution in [3.8, 4) is 11.4 Å². The maximum absolute atomic E-state index is 13.8. The minimum absolute atomic E-state index is 0.252. The van der Waals surface area contributed by atoms with Gasteiger partial charge in [-0.05, 0) is 49.1 Å². The van der Waals surface area contributed by atoms with Crippen LogP contribution in [0.5, 0.6) is 0 Å². The first-order chi connectivity index (χ1) is 16.5. The molecule has 5 rings (SSSR count). The summed E-state index contributed by atoms with van der Waals surface area (Å²) < 4.78 is 19.4. The van der Waals surface area contributed by atoms with E-state index in [9.17, 15) is 9.18 Å². The van der Waals surface area contributed by atoms with Gasteiger partial charge in [0.25, 0.3) is 5.89 Å². The number of carbonyl (C=O) groups is 1. The summed E-state index contributed by atoms with van der Waals surface area (Å²) in [6, 6.07) is 22.7. The highest BCUT2D eigenvalue weighted by Gasteiger charge is 2.36. The second kappa shape index (κ2) is 9.15. The third kappa shape index (κ3) is 4.08. The molecule has 2 heterocycles. The lowest BCUT2D eigenvalue weighted by atomic mass is 9.94. The molecule has 3 aromatic carbocycles. The lowest BCUT2D eigenvalue weighted by Crippen LogP contribution is -2.46. The first-order valence-corrected chi connectivity index (χ1v) is 11.9. The van der Waals surface area contributed by atoms with Gasteiger partial charge in [0, 0.05) is 16.2 Å². The number of nitrogens with one attached hydrogen (secondary N) is 1. The Morgan fingerprint density at radius 3 is 2.59 bits per heavy atom. The molecule has 34 heavy (non-hydrogen) atoms. The number of rotatable bonds is 5. The Morgan fingerprint density at radius 1 is 1.03 bits per heavy atom. The fraction of sp³-hybridized carbons (Fsp3) is 0.115. The van der Waals surface area contributed by atoms with Crippen LogP contribution in [-0.2, 0) is 0 Å². The lowest BCUT2D eigenvalue weighted by molar-refractivity contribution is 0.244. The van der Waals surface area contributed by atoms with Crippen molar-refractivity contribution in [1.29, 1.82) is 0 Å². The van der Waals surface area contributed by atoms with Crippen molar-refractivity contribution in [3.63, 3.8) is 0 Å². The number of hydrogen-bond acceptors (Lipinski definition) is 5. The van der Waals surface area contributed by atoms with E-state index >= 15 is 0 Å². The highest BCUT2D eigenvalue weighted by atomic mass is 32.2. The molecule has 1 N–H and O–H groups in total. The van der Waals surface area contributed by atoms with E-state index in [-0.39, 0.29) is 23.6 Å². The molecule has 1 atom stereocenters. The molecule has 6 nitrogen and oxygen atoms in total. The maximum atomic E-state index is 13.8. The van der Waals surface area contributed by atoms with Crippen molar-refractivity contribution in [2.24, 2.45) is 0 Å². The third-order valence-electron chi connectivity index (χ3n) is 5.67. The summed E-state index contributed by atoms with van der Waals surface area (Å²) in [4.78, 5) is 20.5. The van der Waals surface area contributed by atoms with Crippen LogP contribution in [0.4, 0.5) is 14.9 Å². The number of allylic oxidation sites excluding steroid dienone is 1. The number of benzene rings is 3. The summed E-state index contributed by atoms with van der Waals surface area (Å²) >= 11 is 1.60. The quantitative estimate of drug-likeness (QED) is 0.345. The van der Waals surface area contributed by atoms with Gasteiger partial charge >= 0.3 is 6.03 Å². The SMILES string of the molecule is CSc1cccc(N2C(=O)NC(c3ccccc3)C(c3nc(-c4cccc(F)c4)no3)=C2C)c1. The zero-order valence-corrected chi connectivity index (χ0v) is 19.3. The van der Waals surface area contributed by atoms with Crippen molar-refractivity contribution >= 4 is 29.1 Å². The second-order valence-corrected chi connectivity index (χ2v) is 8.64. The van der Waals surface area contributed by atoms with Crippen molar-refractivity contribution < 1.29 is 13.7 Å². The largest absolute Gasteiger partial charge is 0.334 e. The minimum Gasteiger partial charge on any atom is -0.334 e. The molecule has 0 aliphatic carbocycles. The summed E-state index contributed by atoms with van der Waals surface area (Å²) in [5.41, 5.74) is 3.47. The Morgan fingerprint density at radius 2 is 1.82 bits per heavy atom. The summed E-state index contributed by atoms with van der Waals surface area (Å²) in [5.74, 6) is 0.150. The number of anilines is 1. The molecule has 1 aliphatic heterocycles. The molecule has 0 spiro atoms. The van der Waals surface area contributed by atoms with Gasteiger partial charge in [0.05, 0.1) is 17.3 Å². The molecule has 4 aromatic rings. The monoisotopic (exact) mass is 472 g/mol. The van der Waals surface area contributed by atoms with Crippen molar-refractivity contribution in [2.75, 3.05) is 11.2 Å². The molecule has 1 aliphatic rings. The van der Waals surface area contributed by atoms with Crippen LogP contribution in [0.1, 0.15) is 24.4 Å². The van der Waals surface area contributed by atoms with Gasteiger partial charge in [-0.2, -0.15) is 4.98 Å². The normalized spacial score (nSPS) is 16.0. The third-order valence-corrected chi connectivity index (χ3v) is 6.39. The van der Waals surface area contributed by atoms with Crippen molar-refractivity contribution in [1.82, 2.24) is 15.5 Å². The van der Waals surface area contributed by atoms with Gasteiger partial charge in [0.1, 0.15) is 5.82 Å². The molecule has 170 valence electrons. The van der Waals surface area contributed by atoms with E-state index in [1.54, 1.807) is 28.8 Å². The van der Waals surface area contributed by atoms with E-state index < -0.39 is 6.04 Å². The molecular formula is C26H21FN4O2S. The van der Waals surface area contributed by atoms with E-state index in [4.69, 9.17) is 4.52 Å². The topological polar surface area (TPSA) is 71.3 Å². The Hall–Kier alpha value is -3.91. The fourth-order valence-corrected chi connectivity index (χ4v) is 4.51. The van der Waals surface area contributed by atoms with Crippen LogP contribution in [0, 0.1) is 5.82 Å². The number of amides is 2. The minimum atomic E-state index is -0.491. The highest BCUT2D eigenvalue weighted by Crippen LogP contribution is 2.39. The van der Waals surface area contributed by atoms with Gasteiger partial charge in [-0.15, -0.1) is 11.8 Å². The second-order valence-electron chi connectivity index (χ2n) is 7.76. The van der Waals surface area contributed by atoms with E-state index in [0.717, 1.165) is 16.1 Å². The first-order valence-electron chi connectivity index (χ1n) is 10.7. The average Bonchev–Trinajstić information content (AvgIpc) is 3.34. The molecule has 0 fully saturated rings. The Bertz CT molecular complexity index is 1390. The fourth-order valence-electron chi connectivity index (χ4n) is 4.05. The van der Waals surface area contributed by atoms with Crippen LogP contribution in [0.3, 0.4) is 0 Å². The van der Waals surface area contributed by atoms with Crippen LogP contribution in [-0.4, -0.2) is 22.4 Å². The van der Waals surface area contributed by atoms with E-state index in [1.807, 2.05) is 67.8 Å². The molecular weight excluding hydrogens is 451 g/mol. The first kappa shape index (κ1) is 21.9. The summed E-state index contributed by atoms with van der Waals surface area (Å²) in [7, 11) is 0. The molecule has 0 saturated carbocycles. The van der Waals surface area contributed by atoms with Crippen molar-refractivity contribution in [3.05, 3.63) is 102 Å². The number of nitrogens with zero attached hydrogens (tertiary/aromatic N) is 3. The smallest absolute Gasteiger partial charge is 0.326 e. The number of urea groups is 1. The maximum Gasteiger partial charge on any atom is 0.326 e. The number of carbonyl (C=O) groups excluding carboxylic acids is 1. The predicted octanol–water partition coefficient (Wildman–Crippen LogP) is 6.30. The van der Waals surface area contributed by atoms with Crippen LogP contribution in [0.2, 0.25) is 0 Å². The van der Waals surface area contributed by atoms with Gasteiger partial charge < -0.3 is 9.84 Å². The Balaban J connectivity index is 1.66. The van der Waals surface area contributed by atoms with Gasteiger partial charge in [-0.3, -0.25) is 4.90 Å². The Kier molecular flexibility index (Phi) is 5.90. The van der Waals surface area contributed by atoms with Crippen molar-refractivity contribution in [2.45, 2.75) is 17.9 Å². The van der Waals surface area contributed by atoms with E-state index in [1.165, 1.54) is 12.1 Å².